The monoisotopic (exact) mass is 219 g/mol. The van der Waals surface area contributed by atoms with Gasteiger partial charge in [-0.1, -0.05) is 19.9 Å². The van der Waals surface area contributed by atoms with Gasteiger partial charge in [0, 0.05) is 5.92 Å². The normalized spacial score (nSPS) is 11.5. The SMILES string of the molecule is CCC(CC)c1nc2ccc(CO)cc2o1. The lowest BCUT2D eigenvalue weighted by molar-refractivity contribution is 0.282. The van der Waals surface area contributed by atoms with Crippen molar-refractivity contribution in [3.05, 3.63) is 29.7 Å². The molecule has 0 spiro atoms. The van der Waals surface area contributed by atoms with Gasteiger partial charge in [0.2, 0.25) is 0 Å². The minimum atomic E-state index is 0.0386. The number of aliphatic hydroxyl groups excluding tert-OH is 1. The number of rotatable bonds is 4. The quantitative estimate of drug-likeness (QED) is 0.858. The van der Waals surface area contributed by atoms with Gasteiger partial charge in [0.05, 0.1) is 6.61 Å². The number of aromatic nitrogens is 1. The molecule has 0 amide bonds. The summed E-state index contributed by atoms with van der Waals surface area (Å²) in [5.74, 6) is 1.21. The second-order valence-corrected chi connectivity index (χ2v) is 4.03. The Balaban J connectivity index is 2.43. The molecule has 0 fully saturated rings. The summed E-state index contributed by atoms with van der Waals surface area (Å²) in [5.41, 5.74) is 2.51. The molecule has 1 N–H and O–H groups in total. The van der Waals surface area contributed by atoms with Crippen molar-refractivity contribution >= 4 is 11.1 Å². The van der Waals surface area contributed by atoms with Crippen molar-refractivity contribution in [3.63, 3.8) is 0 Å². The van der Waals surface area contributed by atoms with E-state index in [-0.39, 0.29) is 6.61 Å². The molecular formula is C13H17NO2. The Morgan fingerprint density at radius 3 is 2.69 bits per heavy atom. The Labute approximate surface area is 95.1 Å². The molecule has 1 aromatic heterocycles. The summed E-state index contributed by atoms with van der Waals surface area (Å²) in [6, 6.07) is 5.63. The molecule has 0 atom stereocenters. The van der Waals surface area contributed by atoms with Gasteiger partial charge in [-0.25, -0.2) is 4.98 Å². The number of oxazole rings is 1. The summed E-state index contributed by atoms with van der Waals surface area (Å²) in [6.07, 6.45) is 2.08. The van der Waals surface area contributed by atoms with Crippen molar-refractivity contribution in [1.29, 1.82) is 0 Å². The van der Waals surface area contributed by atoms with E-state index in [9.17, 15) is 0 Å². The summed E-state index contributed by atoms with van der Waals surface area (Å²) >= 11 is 0. The average Bonchev–Trinajstić information content (AvgIpc) is 2.72. The molecule has 0 saturated heterocycles. The summed E-state index contributed by atoms with van der Waals surface area (Å²) in [6.45, 7) is 4.32. The number of hydrogen-bond donors (Lipinski definition) is 1. The first-order valence-electron chi connectivity index (χ1n) is 5.78. The van der Waals surface area contributed by atoms with Crippen LogP contribution in [0, 0.1) is 0 Å². The highest BCUT2D eigenvalue weighted by atomic mass is 16.3. The molecule has 1 heterocycles. The van der Waals surface area contributed by atoms with E-state index in [0.717, 1.165) is 35.4 Å². The smallest absolute Gasteiger partial charge is 0.198 e. The van der Waals surface area contributed by atoms with E-state index in [1.165, 1.54) is 0 Å². The van der Waals surface area contributed by atoms with Crippen LogP contribution in [0.1, 0.15) is 44.1 Å². The standard InChI is InChI=1S/C13H17NO2/c1-3-10(4-2)13-14-11-6-5-9(8-15)7-12(11)16-13/h5-7,10,15H,3-4,8H2,1-2H3. The fraction of sp³-hybridized carbons (Fsp3) is 0.462. The first kappa shape index (κ1) is 11.1. The van der Waals surface area contributed by atoms with Crippen molar-refractivity contribution < 1.29 is 9.52 Å². The number of benzene rings is 1. The average molecular weight is 219 g/mol. The zero-order valence-corrected chi connectivity index (χ0v) is 9.73. The molecule has 86 valence electrons. The summed E-state index contributed by atoms with van der Waals surface area (Å²) < 4.78 is 5.73. The summed E-state index contributed by atoms with van der Waals surface area (Å²) in [7, 11) is 0. The van der Waals surface area contributed by atoms with Gasteiger partial charge in [-0.15, -0.1) is 0 Å². The molecule has 0 aliphatic carbocycles. The first-order valence-corrected chi connectivity index (χ1v) is 5.78. The predicted octanol–water partition coefficient (Wildman–Crippen LogP) is 3.22. The van der Waals surface area contributed by atoms with Crippen molar-refractivity contribution in [2.75, 3.05) is 0 Å². The molecule has 0 aliphatic heterocycles. The fourth-order valence-corrected chi connectivity index (χ4v) is 1.90. The Hall–Kier alpha value is -1.35. The van der Waals surface area contributed by atoms with Crippen molar-refractivity contribution in [2.24, 2.45) is 0 Å². The lowest BCUT2D eigenvalue weighted by Gasteiger charge is -2.05. The molecule has 0 radical (unpaired) electrons. The maximum Gasteiger partial charge on any atom is 0.198 e. The van der Waals surface area contributed by atoms with Crippen LogP contribution in [0.5, 0.6) is 0 Å². The molecule has 0 aliphatic rings. The molecule has 0 bridgehead atoms. The van der Waals surface area contributed by atoms with E-state index in [1.807, 2.05) is 18.2 Å². The lowest BCUT2D eigenvalue weighted by Crippen LogP contribution is -1.94. The van der Waals surface area contributed by atoms with Gasteiger partial charge in [-0.2, -0.15) is 0 Å². The number of hydrogen-bond acceptors (Lipinski definition) is 3. The molecule has 3 nitrogen and oxygen atoms in total. The number of fused-ring (bicyclic) bond motifs is 1. The predicted molar refractivity (Wildman–Crippen MR) is 63.3 cm³/mol. The molecule has 2 aromatic rings. The Bertz CT molecular complexity index is 472. The topological polar surface area (TPSA) is 46.3 Å². The third-order valence-corrected chi connectivity index (χ3v) is 2.99. The summed E-state index contributed by atoms with van der Waals surface area (Å²) in [5, 5.41) is 9.04. The lowest BCUT2D eigenvalue weighted by atomic mass is 10.0. The third-order valence-electron chi connectivity index (χ3n) is 2.99. The van der Waals surface area contributed by atoms with Gasteiger partial charge in [-0.05, 0) is 30.5 Å². The molecule has 16 heavy (non-hydrogen) atoms. The Kier molecular flexibility index (Phi) is 3.25. The molecule has 1 aromatic carbocycles. The van der Waals surface area contributed by atoms with Gasteiger partial charge in [-0.3, -0.25) is 0 Å². The van der Waals surface area contributed by atoms with Crippen LogP contribution < -0.4 is 0 Å². The molecular weight excluding hydrogens is 202 g/mol. The second kappa shape index (κ2) is 4.66. The highest BCUT2D eigenvalue weighted by Gasteiger charge is 2.14. The van der Waals surface area contributed by atoms with Crippen LogP contribution in [-0.4, -0.2) is 10.1 Å². The van der Waals surface area contributed by atoms with Crippen LogP contribution in [0.4, 0.5) is 0 Å². The Morgan fingerprint density at radius 1 is 1.31 bits per heavy atom. The van der Waals surface area contributed by atoms with Gasteiger partial charge in [0.1, 0.15) is 5.52 Å². The minimum absolute atomic E-state index is 0.0386. The van der Waals surface area contributed by atoms with Crippen LogP contribution in [-0.2, 0) is 6.61 Å². The largest absolute Gasteiger partial charge is 0.440 e. The van der Waals surface area contributed by atoms with Gasteiger partial charge in [0.25, 0.3) is 0 Å². The fourth-order valence-electron chi connectivity index (χ4n) is 1.90. The third kappa shape index (κ3) is 1.95. The van der Waals surface area contributed by atoms with Crippen LogP contribution in [0.3, 0.4) is 0 Å². The van der Waals surface area contributed by atoms with Gasteiger partial charge < -0.3 is 9.52 Å². The van der Waals surface area contributed by atoms with Crippen LogP contribution in [0.2, 0.25) is 0 Å². The van der Waals surface area contributed by atoms with E-state index < -0.39 is 0 Å². The Morgan fingerprint density at radius 2 is 2.06 bits per heavy atom. The zero-order chi connectivity index (χ0) is 11.5. The highest BCUT2D eigenvalue weighted by molar-refractivity contribution is 5.73. The van der Waals surface area contributed by atoms with Crippen LogP contribution >= 0.6 is 0 Å². The zero-order valence-electron chi connectivity index (χ0n) is 9.73. The van der Waals surface area contributed by atoms with E-state index in [2.05, 4.69) is 18.8 Å². The maximum absolute atomic E-state index is 9.04. The second-order valence-electron chi connectivity index (χ2n) is 4.03. The molecule has 2 rings (SSSR count). The number of aliphatic hydroxyl groups is 1. The molecule has 3 heteroatoms. The van der Waals surface area contributed by atoms with E-state index in [1.54, 1.807) is 0 Å². The van der Waals surface area contributed by atoms with Crippen LogP contribution in [0.25, 0.3) is 11.1 Å². The maximum atomic E-state index is 9.04. The molecule has 0 saturated carbocycles. The highest BCUT2D eigenvalue weighted by Crippen LogP contribution is 2.26. The van der Waals surface area contributed by atoms with E-state index in [0.29, 0.717) is 5.92 Å². The van der Waals surface area contributed by atoms with Gasteiger partial charge in [0.15, 0.2) is 11.5 Å². The van der Waals surface area contributed by atoms with E-state index >= 15 is 0 Å². The van der Waals surface area contributed by atoms with Crippen LogP contribution in [0.15, 0.2) is 22.6 Å². The van der Waals surface area contributed by atoms with Crippen molar-refractivity contribution in [2.45, 2.75) is 39.2 Å². The van der Waals surface area contributed by atoms with E-state index in [4.69, 9.17) is 9.52 Å². The number of nitrogens with zero attached hydrogens (tertiary/aromatic N) is 1. The minimum Gasteiger partial charge on any atom is -0.440 e. The summed E-state index contributed by atoms with van der Waals surface area (Å²) in [4.78, 5) is 4.48. The molecule has 0 unspecified atom stereocenters. The van der Waals surface area contributed by atoms with Crippen molar-refractivity contribution in [1.82, 2.24) is 4.98 Å². The first-order chi connectivity index (χ1) is 7.78. The van der Waals surface area contributed by atoms with Gasteiger partial charge >= 0.3 is 0 Å². The van der Waals surface area contributed by atoms with Crippen molar-refractivity contribution in [3.8, 4) is 0 Å².